The number of anilines is 3. The maximum Gasteiger partial charge on any atom is 0.262 e. The standard InChI is InChI=1S/C17H18N4O5S/c1-11-8-17(20-26-11)19-16-7-4-12(10-18-16)21-27(22,23)13-5-6-14(24-2)15(9-13)25-3/h4-10,21H,1-3H3,(H,18,19,20). The molecule has 1 aromatic carbocycles. The van der Waals surface area contributed by atoms with Crippen LogP contribution in [0, 0.1) is 6.92 Å². The Bertz CT molecular complexity index is 1030. The molecule has 0 amide bonds. The Labute approximate surface area is 156 Å². The number of pyridine rings is 1. The second-order valence-electron chi connectivity index (χ2n) is 5.50. The quantitative estimate of drug-likeness (QED) is 0.633. The molecule has 0 aliphatic heterocycles. The van der Waals surface area contributed by atoms with E-state index >= 15 is 0 Å². The molecule has 2 heterocycles. The number of sulfonamides is 1. The van der Waals surface area contributed by atoms with Crippen molar-refractivity contribution < 1.29 is 22.4 Å². The van der Waals surface area contributed by atoms with E-state index in [1.807, 2.05) is 0 Å². The first kappa shape index (κ1) is 18.5. The molecular formula is C17H18N4O5S. The molecule has 10 heteroatoms. The number of nitrogens with zero attached hydrogens (tertiary/aromatic N) is 2. The third kappa shape index (κ3) is 4.29. The lowest BCUT2D eigenvalue weighted by Crippen LogP contribution is -2.13. The Morgan fingerprint density at radius 1 is 1.00 bits per heavy atom. The largest absolute Gasteiger partial charge is 0.493 e. The molecule has 9 nitrogen and oxygen atoms in total. The zero-order valence-corrected chi connectivity index (χ0v) is 15.7. The van der Waals surface area contributed by atoms with Gasteiger partial charge in [0.2, 0.25) is 0 Å². The molecule has 0 saturated heterocycles. The fourth-order valence-electron chi connectivity index (χ4n) is 2.28. The molecule has 0 unspecified atom stereocenters. The number of hydrogen-bond acceptors (Lipinski definition) is 8. The predicted octanol–water partition coefficient (Wildman–Crippen LogP) is 2.94. The van der Waals surface area contributed by atoms with E-state index in [1.54, 1.807) is 25.1 Å². The summed E-state index contributed by atoms with van der Waals surface area (Å²) in [6.07, 6.45) is 1.40. The van der Waals surface area contributed by atoms with E-state index in [9.17, 15) is 8.42 Å². The molecule has 0 bridgehead atoms. The van der Waals surface area contributed by atoms with Gasteiger partial charge in [-0.05, 0) is 31.2 Å². The van der Waals surface area contributed by atoms with Gasteiger partial charge in [0.15, 0.2) is 17.3 Å². The van der Waals surface area contributed by atoms with Crippen molar-refractivity contribution in [2.45, 2.75) is 11.8 Å². The third-order valence-electron chi connectivity index (χ3n) is 3.57. The summed E-state index contributed by atoms with van der Waals surface area (Å²) < 4.78 is 42.8. The number of aromatic nitrogens is 2. The number of nitrogens with one attached hydrogen (secondary N) is 2. The summed E-state index contributed by atoms with van der Waals surface area (Å²) in [7, 11) is -0.896. The van der Waals surface area contributed by atoms with E-state index < -0.39 is 10.0 Å². The summed E-state index contributed by atoms with van der Waals surface area (Å²) in [4.78, 5) is 4.20. The van der Waals surface area contributed by atoms with Crippen LogP contribution in [-0.2, 0) is 10.0 Å². The first-order valence-corrected chi connectivity index (χ1v) is 9.31. The van der Waals surface area contributed by atoms with Crippen molar-refractivity contribution in [2.75, 3.05) is 24.3 Å². The van der Waals surface area contributed by atoms with Gasteiger partial charge in [-0.2, -0.15) is 0 Å². The van der Waals surface area contributed by atoms with Gasteiger partial charge in [-0.3, -0.25) is 4.72 Å². The van der Waals surface area contributed by atoms with Gasteiger partial charge in [-0.15, -0.1) is 0 Å². The van der Waals surface area contributed by atoms with E-state index in [2.05, 4.69) is 20.2 Å². The molecule has 0 atom stereocenters. The minimum atomic E-state index is -3.81. The van der Waals surface area contributed by atoms with Crippen LogP contribution in [0.3, 0.4) is 0 Å². The fraction of sp³-hybridized carbons (Fsp3) is 0.176. The Kier molecular flexibility index (Phi) is 5.17. The van der Waals surface area contributed by atoms with Crippen molar-refractivity contribution in [3.63, 3.8) is 0 Å². The molecule has 2 aromatic heterocycles. The highest BCUT2D eigenvalue weighted by Gasteiger charge is 2.17. The van der Waals surface area contributed by atoms with Crippen LogP contribution in [0.15, 0.2) is 52.0 Å². The van der Waals surface area contributed by atoms with Crippen LogP contribution in [-0.4, -0.2) is 32.8 Å². The smallest absolute Gasteiger partial charge is 0.262 e. The number of methoxy groups -OCH3 is 2. The Hall–Kier alpha value is -3.27. The number of ether oxygens (including phenoxy) is 2. The molecular weight excluding hydrogens is 372 g/mol. The highest BCUT2D eigenvalue weighted by atomic mass is 32.2. The minimum absolute atomic E-state index is 0.0421. The normalized spacial score (nSPS) is 11.1. The molecule has 0 aliphatic carbocycles. The molecule has 2 N–H and O–H groups in total. The molecule has 0 spiro atoms. The maximum absolute atomic E-state index is 12.6. The van der Waals surface area contributed by atoms with E-state index in [1.165, 1.54) is 38.6 Å². The van der Waals surface area contributed by atoms with Gasteiger partial charge in [-0.1, -0.05) is 5.16 Å². The van der Waals surface area contributed by atoms with Crippen molar-refractivity contribution >= 4 is 27.3 Å². The van der Waals surface area contributed by atoms with E-state index in [4.69, 9.17) is 14.0 Å². The van der Waals surface area contributed by atoms with Gasteiger partial charge in [0.25, 0.3) is 10.0 Å². The third-order valence-corrected chi connectivity index (χ3v) is 4.94. The van der Waals surface area contributed by atoms with Gasteiger partial charge in [0.1, 0.15) is 11.6 Å². The van der Waals surface area contributed by atoms with E-state index in [0.29, 0.717) is 34.6 Å². The van der Waals surface area contributed by atoms with E-state index in [0.717, 1.165) is 0 Å². The van der Waals surface area contributed by atoms with Crippen LogP contribution >= 0.6 is 0 Å². The first-order valence-electron chi connectivity index (χ1n) is 7.82. The summed E-state index contributed by atoms with van der Waals surface area (Å²) in [5.41, 5.74) is 0.312. The van der Waals surface area contributed by atoms with Crippen LogP contribution in [0.25, 0.3) is 0 Å². The highest BCUT2D eigenvalue weighted by Crippen LogP contribution is 2.30. The summed E-state index contributed by atoms with van der Waals surface area (Å²) in [6, 6.07) is 9.27. The van der Waals surface area contributed by atoms with Crippen molar-refractivity contribution in [3.8, 4) is 11.5 Å². The lowest BCUT2D eigenvalue weighted by atomic mass is 10.3. The van der Waals surface area contributed by atoms with Gasteiger partial charge < -0.3 is 19.3 Å². The number of rotatable bonds is 7. The van der Waals surface area contributed by atoms with Crippen LogP contribution in [0.5, 0.6) is 11.5 Å². The second kappa shape index (κ2) is 7.54. The Morgan fingerprint density at radius 2 is 1.78 bits per heavy atom. The summed E-state index contributed by atoms with van der Waals surface area (Å²) in [6.45, 7) is 1.78. The van der Waals surface area contributed by atoms with Crippen LogP contribution in [0.4, 0.5) is 17.3 Å². The van der Waals surface area contributed by atoms with Gasteiger partial charge in [0, 0.05) is 12.1 Å². The van der Waals surface area contributed by atoms with Gasteiger partial charge >= 0.3 is 0 Å². The highest BCUT2D eigenvalue weighted by molar-refractivity contribution is 7.92. The molecule has 142 valence electrons. The van der Waals surface area contributed by atoms with Crippen LogP contribution < -0.4 is 19.5 Å². The minimum Gasteiger partial charge on any atom is -0.493 e. The zero-order valence-electron chi connectivity index (χ0n) is 14.9. The second-order valence-corrected chi connectivity index (χ2v) is 7.18. The Morgan fingerprint density at radius 3 is 2.37 bits per heavy atom. The van der Waals surface area contributed by atoms with Gasteiger partial charge in [0.05, 0.1) is 31.0 Å². The molecule has 3 aromatic rings. The molecule has 0 radical (unpaired) electrons. The average Bonchev–Trinajstić information content (AvgIpc) is 3.07. The summed E-state index contributed by atoms with van der Waals surface area (Å²) in [5.74, 6) is 2.44. The first-order chi connectivity index (χ1) is 12.9. The predicted molar refractivity (Wildman–Crippen MR) is 99.1 cm³/mol. The Balaban J connectivity index is 1.75. The summed E-state index contributed by atoms with van der Waals surface area (Å²) >= 11 is 0. The number of hydrogen-bond donors (Lipinski definition) is 2. The van der Waals surface area contributed by atoms with Crippen molar-refractivity contribution in [1.29, 1.82) is 0 Å². The van der Waals surface area contributed by atoms with E-state index in [-0.39, 0.29) is 4.90 Å². The van der Waals surface area contributed by atoms with Gasteiger partial charge in [-0.25, -0.2) is 13.4 Å². The van der Waals surface area contributed by atoms with Crippen LogP contribution in [0.2, 0.25) is 0 Å². The van der Waals surface area contributed by atoms with Crippen molar-refractivity contribution in [1.82, 2.24) is 10.1 Å². The van der Waals surface area contributed by atoms with Crippen molar-refractivity contribution in [3.05, 3.63) is 48.4 Å². The molecule has 27 heavy (non-hydrogen) atoms. The molecule has 0 saturated carbocycles. The number of benzene rings is 1. The molecule has 0 aliphatic rings. The average molecular weight is 390 g/mol. The lowest BCUT2D eigenvalue weighted by Gasteiger charge is -2.11. The monoisotopic (exact) mass is 390 g/mol. The van der Waals surface area contributed by atoms with Crippen LogP contribution in [0.1, 0.15) is 5.76 Å². The SMILES string of the molecule is COc1ccc(S(=O)(=O)Nc2ccc(Nc3cc(C)on3)nc2)cc1OC. The number of aryl methyl sites for hydroxylation is 1. The molecule has 3 rings (SSSR count). The summed E-state index contributed by atoms with van der Waals surface area (Å²) in [5, 5.41) is 6.75. The lowest BCUT2D eigenvalue weighted by molar-refractivity contribution is 0.354. The van der Waals surface area contributed by atoms with Crippen molar-refractivity contribution in [2.24, 2.45) is 0 Å². The zero-order chi connectivity index (χ0) is 19.4. The maximum atomic E-state index is 12.6. The molecule has 0 fully saturated rings. The topological polar surface area (TPSA) is 116 Å². The fourth-order valence-corrected chi connectivity index (χ4v) is 3.34.